The largest absolute Gasteiger partial charge is 0.338 e. The van der Waals surface area contributed by atoms with E-state index in [1.807, 2.05) is 29.2 Å². The molecule has 2 aromatic rings. The zero-order chi connectivity index (χ0) is 13.9. The Hall–Kier alpha value is -1.32. The highest BCUT2D eigenvalue weighted by Gasteiger charge is 2.21. The summed E-state index contributed by atoms with van der Waals surface area (Å²) in [5.74, 6) is 0.224. The number of fused-ring (bicyclic) bond motifs is 1. The smallest absolute Gasteiger partial charge is 0.223 e. The lowest BCUT2D eigenvalue weighted by Gasteiger charge is -2.27. The first-order chi connectivity index (χ1) is 9.74. The molecule has 1 amide bonds. The van der Waals surface area contributed by atoms with Gasteiger partial charge >= 0.3 is 0 Å². The van der Waals surface area contributed by atoms with E-state index < -0.39 is 0 Å². The number of thiophene rings is 1. The third-order valence-corrected chi connectivity index (χ3v) is 5.12. The van der Waals surface area contributed by atoms with E-state index in [-0.39, 0.29) is 5.91 Å². The van der Waals surface area contributed by atoms with Crippen LogP contribution in [0.2, 0.25) is 5.02 Å². The van der Waals surface area contributed by atoms with Crippen LogP contribution in [0.1, 0.15) is 22.4 Å². The number of hydrogen-bond acceptors (Lipinski definition) is 2. The summed E-state index contributed by atoms with van der Waals surface area (Å²) in [5.41, 5.74) is 2.36. The molecule has 0 spiro atoms. The third-order valence-electron chi connectivity index (χ3n) is 3.73. The number of hydrogen-bond donors (Lipinski definition) is 0. The Kier molecular flexibility index (Phi) is 4.08. The number of aryl methyl sites for hydroxylation is 1. The summed E-state index contributed by atoms with van der Waals surface area (Å²) in [6.45, 7) is 1.61. The molecule has 4 heteroatoms. The van der Waals surface area contributed by atoms with Crippen LogP contribution in [0.5, 0.6) is 0 Å². The molecule has 104 valence electrons. The lowest BCUT2D eigenvalue weighted by atomic mass is 10.1. The van der Waals surface area contributed by atoms with Crippen LogP contribution in [0.15, 0.2) is 35.7 Å². The van der Waals surface area contributed by atoms with Crippen LogP contribution in [-0.2, 0) is 24.2 Å². The third kappa shape index (κ3) is 2.89. The van der Waals surface area contributed by atoms with Crippen molar-refractivity contribution in [2.75, 3.05) is 6.54 Å². The minimum absolute atomic E-state index is 0.224. The Balaban J connectivity index is 1.59. The van der Waals surface area contributed by atoms with E-state index in [4.69, 9.17) is 11.6 Å². The van der Waals surface area contributed by atoms with Crippen LogP contribution in [0, 0.1) is 0 Å². The van der Waals surface area contributed by atoms with E-state index in [1.165, 1.54) is 10.4 Å². The van der Waals surface area contributed by atoms with Gasteiger partial charge in [0.05, 0.1) is 0 Å². The zero-order valence-corrected chi connectivity index (χ0v) is 12.7. The quantitative estimate of drug-likeness (QED) is 0.841. The van der Waals surface area contributed by atoms with Crippen molar-refractivity contribution in [3.8, 4) is 0 Å². The molecule has 1 aromatic heterocycles. The van der Waals surface area contributed by atoms with Gasteiger partial charge in [-0.2, -0.15) is 0 Å². The summed E-state index contributed by atoms with van der Waals surface area (Å²) in [6, 6.07) is 9.87. The van der Waals surface area contributed by atoms with Gasteiger partial charge in [-0.1, -0.05) is 29.8 Å². The first-order valence-corrected chi connectivity index (χ1v) is 8.06. The average molecular weight is 306 g/mol. The maximum absolute atomic E-state index is 12.3. The Morgan fingerprint density at radius 3 is 3.00 bits per heavy atom. The Labute approximate surface area is 128 Å². The predicted molar refractivity (Wildman–Crippen MR) is 83.2 cm³/mol. The van der Waals surface area contributed by atoms with Crippen molar-refractivity contribution in [2.45, 2.75) is 25.8 Å². The van der Waals surface area contributed by atoms with Crippen molar-refractivity contribution in [2.24, 2.45) is 0 Å². The van der Waals surface area contributed by atoms with Crippen LogP contribution in [-0.4, -0.2) is 17.4 Å². The number of rotatable bonds is 3. The highest BCUT2D eigenvalue weighted by Crippen LogP contribution is 2.25. The second kappa shape index (κ2) is 5.98. The predicted octanol–water partition coefficient (Wildman–Crippen LogP) is 3.92. The van der Waals surface area contributed by atoms with E-state index in [0.29, 0.717) is 12.8 Å². The molecular weight excluding hydrogens is 290 g/mol. The fourth-order valence-electron chi connectivity index (χ4n) is 2.56. The standard InChI is InChI=1S/C16H16ClNOS/c17-14-4-2-1-3-12(14)5-6-16(19)18-9-7-15-13(11-18)8-10-20-15/h1-4,8,10H,5-7,9,11H2. The van der Waals surface area contributed by atoms with E-state index in [2.05, 4.69) is 11.4 Å². The van der Waals surface area contributed by atoms with Gasteiger partial charge in [-0.05, 0) is 41.5 Å². The normalized spacial score (nSPS) is 14.2. The summed E-state index contributed by atoms with van der Waals surface area (Å²) in [6.07, 6.45) is 2.24. The molecule has 20 heavy (non-hydrogen) atoms. The second-order valence-electron chi connectivity index (χ2n) is 5.03. The number of carbonyl (C=O) groups is 1. The van der Waals surface area contributed by atoms with Gasteiger partial charge in [0.15, 0.2) is 0 Å². The van der Waals surface area contributed by atoms with Crippen molar-refractivity contribution in [1.29, 1.82) is 0 Å². The molecule has 2 nitrogen and oxygen atoms in total. The van der Waals surface area contributed by atoms with E-state index >= 15 is 0 Å². The zero-order valence-electron chi connectivity index (χ0n) is 11.1. The summed E-state index contributed by atoms with van der Waals surface area (Å²) in [7, 11) is 0. The van der Waals surface area contributed by atoms with E-state index in [1.54, 1.807) is 11.3 Å². The van der Waals surface area contributed by atoms with Gasteiger partial charge in [-0.25, -0.2) is 0 Å². The molecule has 0 saturated heterocycles. The van der Waals surface area contributed by atoms with Gasteiger partial charge in [0.25, 0.3) is 0 Å². The van der Waals surface area contributed by atoms with Crippen LogP contribution in [0.3, 0.4) is 0 Å². The molecule has 0 saturated carbocycles. The highest BCUT2D eigenvalue weighted by atomic mass is 35.5. The van der Waals surface area contributed by atoms with Crippen molar-refractivity contribution >= 4 is 28.8 Å². The number of benzene rings is 1. The molecule has 0 aliphatic carbocycles. The molecular formula is C16H16ClNOS. The van der Waals surface area contributed by atoms with E-state index in [0.717, 1.165) is 30.1 Å². The molecule has 2 heterocycles. The molecule has 1 aliphatic rings. The average Bonchev–Trinajstić information content (AvgIpc) is 2.93. The molecule has 0 atom stereocenters. The van der Waals surface area contributed by atoms with Gasteiger partial charge in [-0.3, -0.25) is 4.79 Å². The molecule has 0 radical (unpaired) electrons. The van der Waals surface area contributed by atoms with Crippen LogP contribution < -0.4 is 0 Å². The maximum Gasteiger partial charge on any atom is 0.223 e. The highest BCUT2D eigenvalue weighted by molar-refractivity contribution is 7.10. The summed E-state index contributed by atoms with van der Waals surface area (Å²) in [5, 5.41) is 2.86. The fraction of sp³-hybridized carbons (Fsp3) is 0.312. The van der Waals surface area contributed by atoms with Crippen LogP contribution in [0.25, 0.3) is 0 Å². The minimum Gasteiger partial charge on any atom is -0.338 e. The van der Waals surface area contributed by atoms with Gasteiger partial charge in [0.1, 0.15) is 0 Å². The number of nitrogens with zero attached hydrogens (tertiary/aromatic N) is 1. The fourth-order valence-corrected chi connectivity index (χ4v) is 3.68. The number of halogens is 1. The van der Waals surface area contributed by atoms with Gasteiger partial charge in [0, 0.05) is 29.4 Å². The molecule has 0 bridgehead atoms. The lowest BCUT2D eigenvalue weighted by molar-refractivity contribution is -0.132. The Morgan fingerprint density at radius 1 is 1.30 bits per heavy atom. The first kappa shape index (κ1) is 13.7. The molecule has 0 fully saturated rings. The molecule has 1 aromatic carbocycles. The summed E-state index contributed by atoms with van der Waals surface area (Å²) < 4.78 is 0. The van der Waals surface area contributed by atoms with Crippen molar-refractivity contribution in [3.63, 3.8) is 0 Å². The summed E-state index contributed by atoms with van der Waals surface area (Å²) >= 11 is 7.92. The molecule has 0 unspecified atom stereocenters. The van der Waals surface area contributed by atoms with Crippen LogP contribution in [0.4, 0.5) is 0 Å². The Morgan fingerprint density at radius 2 is 2.15 bits per heavy atom. The topological polar surface area (TPSA) is 20.3 Å². The van der Waals surface area contributed by atoms with Gasteiger partial charge in [0.2, 0.25) is 5.91 Å². The Bertz CT molecular complexity index is 622. The maximum atomic E-state index is 12.3. The monoisotopic (exact) mass is 305 g/mol. The number of amides is 1. The molecule has 3 rings (SSSR count). The lowest BCUT2D eigenvalue weighted by Crippen LogP contribution is -2.35. The molecule has 1 aliphatic heterocycles. The minimum atomic E-state index is 0.224. The van der Waals surface area contributed by atoms with Gasteiger partial charge in [-0.15, -0.1) is 11.3 Å². The second-order valence-corrected chi connectivity index (χ2v) is 6.43. The van der Waals surface area contributed by atoms with Crippen molar-refractivity contribution in [3.05, 3.63) is 56.7 Å². The number of carbonyl (C=O) groups excluding carboxylic acids is 1. The first-order valence-electron chi connectivity index (χ1n) is 6.80. The van der Waals surface area contributed by atoms with Crippen molar-refractivity contribution in [1.82, 2.24) is 4.90 Å². The van der Waals surface area contributed by atoms with Crippen molar-refractivity contribution < 1.29 is 4.79 Å². The summed E-state index contributed by atoms with van der Waals surface area (Å²) in [4.78, 5) is 15.7. The van der Waals surface area contributed by atoms with Crippen LogP contribution >= 0.6 is 22.9 Å². The SMILES string of the molecule is O=C(CCc1ccccc1Cl)N1CCc2sccc2C1. The molecule has 0 N–H and O–H groups in total. The van der Waals surface area contributed by atoms with Gasteiger partial charge < -0.3 is 4.90 Å². The van der Waals surface area contributed by atoms with E-state index in [9.17, 15) is 4.79 Å².